The molecule has 0 fully saturated rings. The SMILES string of the molecule is Cc1ccc(C(C)NCCCNC(=O)OC(C)(C)C)c(O)c1. The molecule has 5 heteroatoms. The topological polar surface area (TPSA) is 70.6 Å². The van der Waals surface area contributed by atoms with Gasteiger partial charge in [0.25, 0.3) is 0 Å². The van der Waals surface area contributed by atoms with Gasteiger partial charge in [-0.05, 0) is 59.2 Å². The van der Waals surface area contributed by atoms with Gasteiger partial charge in [-0.2, -0.15) is 0 Å². The van der Waals surface area contributed by atoms with Crippen LogP contribution in [0.5, 0.6) is 5.75 Å². The molecule has 124 valence electrons. The van der Waals surface area contributed by atoms with Crippen LogP contribution in [0.1, 0.15) is 51.3 Å². The van der Waals surface area contributed by atoms with Crippen molar-refractivity contribution in [1.82, 2.24) is 10.6 Å². The second-order valence-electron chi connectivity index (χ2n) is 6.52. The molecule has 0 aromatic heterocycles. The van der Waals surface area contributed by atoms with Crippen molar-refractivity contribution in [1.29, 1.82) is 0 Å². The van der Waals surface area contributed by atoms with Crippen LogP contribution in [-0.4, -0.2) is 29.9 Å². The summed E-state index contributed by atoms with van der Waals surface area (Å²) in [7, 11) is 0. The molecule has 0 saturated carbocycles. The van der Waals surface area contributed by atoms with Gasteiger partial charge >= 0.3 is 6.09 Å². The first kappa shape index (κ1) is 18.3. The number of hydrogen-bond donors (Lipinski definition) is 3. The monoisotopic (exact) mass is 308 g/mol. The molecule has 3 N–H and O–H groups in total. The zero-order valence-corrected chi connectivity index (χ0v) is 14.2. The number of alkyl carbamates (subject to hydrolysis) is 1. The Morgan fingerprint density at radius 3 is 2.59 bits per heavy atom. The Balaban J connectivity index is 2.26. The van der Waals surface area contributed by atoms with E-state index in [1.165, 1.54) is 0 Å². The van der Waals surface area contributed by atoms with Crippen molar-refractivity contribution in [3.8, 4) is 5.75 Å². The predicted octanol–water partition coefficient (Wildman–Crippen LogP) is 3.27. The van der Waals surface area contributed by atoms with E-state index in [0.29, 0.717) is 12.3 Å². The fourth-order valence-electron chi connectivity index (χ4n) is 2.04. The van der Waals surface area contributed by atoms with Crippen molar-refractivity contribution in [3.63, 3.8) is 0 Å². The zero-order chi connectivity index (χ0) is 16.8. The van der Waals surface area contributed by atoms with E-state index < -0.39 is 11.7 Å². The van der Waals surface area contributed by atoms with E-state index in [1.54, 1.807) is 6.07 Å². The van der Waals surface area contributed by atoms with Gasteiger partial charge in [0, 0.05) is 18.2 Å². The Kier molecular flexibility index (Phi) is 6.68. The summed E-state index contributed by atoms with van der Waals surface area (Å²) in [5, 5.41) is 16.0. The molecule has 1 amide bonds. The fourth-order valence-corrected chi connectivity index (χ4v) is 2.04. The molecule has 1 rings (SSSR count). The average Bonchev–Trinajstić information content (AvgIpc) is 2.35. The molecule has 0 aliphatic heterocycles. The van der Waals surface area contributed by atoms with Crippen LogP contribution in [0.25, 0.3) is 0 Å². The third kappa shape index (κ3) is 6.80. The molecule has 0 saturated heterocycles. The van der Waals surface area contributed by atoms with Gasteiger partial charge in [-0.1, -0.05) is 12.1 Å². The number of aromatic hydroxyl groups is 1. The minimum atomic E-state index is -0.472. The zero-order valence-electron chi connectivity index (χ0n) is 14.2. The summed E-state index contributed by atoms with van der Waals surface area (Å²) in [6, 6.07) is 5.73. The molecule has 0 heterocycles. The van der Waals surface area contributed by atoms with Crippen molar-refractivity contribution in [2.75, 3.05) is 13.1 Å². The van der Waals surface area contributed by atoms with Gasteiger partial charge in [-0.25, -0.2) is 4.79 Å². The molecule has 0 radical (unpaired) electrons. The third-order valence-corrected chi connectivity index (χ3v) is 3.12. The van der Waals surface area contributed by atoms with E-state index in [9.17, 15) is 9.90 Å². The molecule has 0 aliphatic rings. The molecule has 1 aromatic carbocycles. The van der Waals surface area contributed by atoms with E-state index in [4.69, 9.17) is 4.74 Å². The molecule has 1 atom stereocenters. The summed E-state index contributed by atoms with van der Waals surface area (Å²) in [4.78, 5) is 11.5. The lowest BCUT2D eigenvalue weighted by molar-refractivity contribution is 0.0527. The normalized spacial score (nSPS) is 12.8. The van der Waals surface area contributed by atoms with Crippen LogP contribution >= 0.6 is 0 Å². The maximum Gasteiger partial charge on any atom is 0.407 e. The minimum absolute atomic E-state index is 0.0575. The first-order chi connectivity index (χ1) is 10.2. The molecule has 1 unspecified atom stereocenters. The number of rotatable bonds is 6. The van der Waals surface area contributed by atoms with Crippen molar-refractivity contribution in [2.45, 2.75) is 52.7 Å². The predicted molar refractivity (Wildman–Crippen MR) is 88.1 cm³/mol. The molecule has 0 bridgehead atoms. The number of benzene rings is 1. The Morgan fingerprint density at radius 1 is 1.32 bits per heavy atom. The maximum absolute atomic E-state index is 11.5. The number of amides is 1. The molecule has 0 spiro atoms. The Hall–Kier alpha value is -1.75. The van der Waals surface area contributed by atoms with Gasteiger partial charge in [0.05, 0.1) is 0 Å². The van der Waals surface area contributed by atoms with Gasteiger partial charge in [-0.3, -0.25) is 0 Å². The largest absolute Gasteiger partial charge is 0.508 e. The number of ether oxygens (including phenoxy) is 1. The van der Waals surface area contributed by atoms with Crippen LogP contribution < -0.4 is 10.6 Å². The standard InChI is InChI=1S/C17H28N2O3/c1-12-7-8-14(15(20)11-12)13(2)18-9-6-10-19-16(21)22-17(3,4)5/h7-8,11,13,18,20H,6,9-10H2,1-5H3,(H,19,21). The van der Waals surface area contributed by atoms with Gasteiger partial charge in [0.2, 0.25) is 0 Å². The van der Waals surface area contributed by atoms with E-state index in [2.05, 4.69) is 10.6 Å². The van der Waals surface area contributed by atoms with E-state index in [0.717, 1.165) is 24.1 Å². The van der Waals surface area contributed by atoms with E-state index >= 15 is 0 Å². The molecule has 1 aromatic rings. The van der Waals surface area contributed by atoms with Crippen molar-refractivity contribution < 1.29 is 14.6 Å². The van der Waals surface area contributed by atoms with Crippen LogP contribution in [0.2, 0.25) is 0 Å². The number of nitrogens with one attached hydrogen (secondary N) is 2. The molecular formula is C17H28N2O3. The van der Waals surface area contributed by atoms with E-state index in [-0.39, 0.29) is 6.04 Å². The summed E-state index contributed by atoms with van der Waals surface area (Å²) < 4.78 is 5.16. The van der Waals surface area contributed by atoms with Crippen molar-refractivity contribution >= 4 is 6.09 Å². The highest BCUT2D eigenvalue weighted by atomic mass is 16.6. The number of phenols is 1. The second-order valence-corrected chi connectivity index (χ2v) is 6.52. The summed E-state index contributed by atoms with van der Waals surface area (Å²) in [5.41, 5.74) is 1.44. The summed E-state index contributed by atoms with van der Waals surface area (Å²) >= 11 is 0. The Morgan fingerprint density at radius 2 is 2.00 bits per heavy atom. The molecule has 5 nitrogen and oxygen atoms in total. The number of phenolic OH excluding ortho intramolecular Hbond substituents is 1. The first-order valence-electron chi connectivity index (χ1n) is 7.69. The van der Waals surface area contributed by atoms with Gasteiger partial charge in [0.1, 0.15) is 11.4 Å². The minimum Gasteiger partial charge on any atom is -0.508 e. The van der Waals surface area contributed by atoms with Crippen molar-refractivity contribution in [2.24, 2.45) is 0 Å². The molecule has 0 aliphatic carbocycles. The van der Waals surface area contributed by atoms with Crippen molar-refractivity contribution in [3.05, 3.63) is 29.3 Å². The van der Waals surface area contributed by atoms with E-state index in [1.807, 2.05) is 46.8 Å². The Bertz CT molecular complexity index is 495. The summed E-state index contributed by atoms with van der Waals surface area (Å²) in [5.74, 6) is 0.312. The lowest BCUT2D eigenvalue weighted by Gasteiger charge is -2.20. The third-order valence-electron chi connectivity index (χ3n) is 3.12. The summed E-state index contributed by atoms with van der Waals surface area (Å²) in [6.45, 7) is 10.8. The smallest absolute Gasteiger partial charge is 0.407 e. The highest BCUT2D eigenvalue weighted by Crippen LogP contribution is 2.24. The quantitative estimate of drug-likeness (QED) is 0.705. The van der Waals surface area contributed by atoms with Crippen LogP contribution in [0.15, 0.2) is 18.2 Å². The number of carbonyl (C=O) groups is 1. The molecular weight excluding hydrogens is 280 g/mol. The lowest BCUT2D eigenvalue weighted by Crippen LogP contribution is -2.34. The van der Waals surface area contributed by atoms with Gasteiger partial charge in [-0.15, -0.1) is 0 Å². The first-order valence-corrected chi connectivity index (χ1v) is 7.69. The maximum atomic E-state index is 11.5. The van der Waals surface area contributed by atoms with Crippen LogP contribution in [0.3, 0.4) is 0 Å². The fraction of sp³-hybridized carbons (Fsp3) is 0.588. The second kappa shape index (κ2) is 8.03. The van der Waals surface area contributed by atoms with Gasteiger partial charge < -0.3 is 20.5 Å². The van der Waals surface area contributed by atoms with Crippen LogP contribution in [0, 0.1) is 6.92 Å². The number of hydrogen-bond acceptors (Lipinski definition) is 4. The van der Waals surface area contributed by atoms with Crippen LogP contribution in [0.4, 0.5) is 4.79 Å². The number of carbonyl (C=O) groups excluding carboxylic acids is 1. The van der Waals surface area contributed by atoms with Gasteiger partial charge in [0.15, 0.2) is 0 Å². The Labute approximate surface area is 133 Å². The summed E-state index contributed by atoms with van der Waals surface area (Å²) in [6.07, 6.45) is 0.396. The highest BCUT2D eigenvalue weighted by Gasteiger charge is 2.15. The average molecular weight is 308 g/mol. The highest BCUT2D eigenvalue weighted by molar-refractivity contribution is 5.67. The molecule has 22 heavy (non-hydrogen) atoms. The lowest BCUT2D eigenvalue weighted by atomic mass is 10.1. The van der Waals surface area contributed by atoms with Crippen LogP contribution in [-0.2, 0) is 4.74 Å². The number of aryl methyl sites for hydroxylation is 1.